The summed E-state index contributed by atoms with van der Waals surface area (Å²) < 4.78 is 12.7. The van der Waals surface area contributed by atoms with Gasteiger partial charge in [0.1, 0.15) is 16.5 Å². The Balaban J connectivity index is 1.32. The molecule has 0 saturated carbocycles. The largest absolute Gasteiger partial charge is 0.497 e. The number of amides is 1. The molecule has 0 atom stereocenters. The molecule has 0 aliphatic carbocycles. The molecule has 4 rings (SSSR count). The summed E-state index contributed by atoms with van der Waals surface area (Å²) in [5.74, 6) is 1.60. The van der Waals surface area contributed by atoms with Crippen molar-refractivity contribution in [3.63, 3.8) is 0 Å². The van der Waals surface area contributed by atoms with Crippen LogP contribution < -0.4 is 14.8 Å². The molecule has 2 aromatic carbocycles. The number of rotatable bonds is 8. The number of methoxy groups -OCH3 is 2. The maximum atomic E-state index is 12.3. The van der Waals surface area contributed by atoms with Crippen molar-refractivity contribution in [1.29, 1.82) is 0 Å². The molecule has 2 aromatic heterocycles. The van der Waals surface area contributed by atoms with Crippen molar-refractivity contribution in [3.8, 4) is 22.1 Å². The lowest BCUT2D eigenvalue weighted by Crippen LogP contribution is -2.28. The predicted octanol–water partition coefficient (Wildman–Crippen LogP) is 4.14. The van der Waals surface area contributed by atoms with E-state index in [1.54, 1.807) is 14.2 Å². The van der Waals surface area contributed by atoms with Crippen LogP contribution in [0.1, 0.15) is 5.69 Å². The summed E-state index contributed by atoms with van der Waals surface area (Å²) >= 11 is 1.53. The Bertz CT molecular complexity index is 1170. The lowest BCUT2D eigenvalue weighted by molar-refractivity contribution is -0.120. The molecule has 0 aliphatic heterocycles. The average molecular weight is 422 g/mol. The van der Waals surface area contributed by atoms with Gasteiger partial charge in [-0.15, -0.1) is 11.3 Å². The number of thiazole rings is 1. The summed E-state index contributed by atoms with van der Waals surface area (Å²) in [6.07, 6.45) is 2.29. The van der Waals surface area contributed by atoms with Gasteiger partial charge in [-0.1, -0.05) is 12.1 Å². The van der Waals surface area contributed by atoms with Gasteiger partial charge in [0.2, 0.25) is 5.91 Å². The number of ether oxygens (including phenoxy) is 2. The Morgan fingerprint density at radius 1 is 1.10 bits per heavy atom. The van der Waals surface area contributed by atoms with Crippen LogP contribution in [0.3, 0.4) is 0 Å². The van der Waals surface area contributed by atoms with Crippen molar-refractivity contribution in [2.45, 2.75) is 13.0 Å². The van der Waals surface area contributed by atoms with Crippen molar-refractivity contribution >= 4 is 28.1 Å². The van der Waals surface area contributed by atoms with Crippen LogP contribution in [0.25, 0.3) is 21.5 Å². The Hall–Kier alpha value is -3.32. The zero-order chi connectivity index (χ0) is 20.9. The molecule has 30 heavy (non-hydrogen) atoms. The van der Waals surface area contributed by atoms with Crippen LogP contribution in [0.15, 0.2) is 60.1 Å². The molecule has 1 N–H and O–H groups in total. The molecule has 4 aromatic rings. The summed E-state index contributed by atoms with van der Waals surface area (Å²) in [6, 6.07) is 15.8. The van der Waals surface area contributed by atoms with Crippen LogP contribution in [0.4, 0.5) is 0 Å². The van der Waals surface area contributed by atoms with Crippen molar-refractivity contribution < 1.29 is 14.3 Å². The molecule has 154 valence electrons. The smallest absolute Gasteiger partial charge is 0.226 e. The fourth-order valence-electron chi connectivity index (χ4n) is 3.32. The fourth-order valence-corrected chi connectivity index (χ4v) is 4.14. The standard InChI is InChI=1S/C23H23N3O3S/c1-28-19-5-3-4-17(13-19)23-25-18(15-30-23)14-22(27)24-9-11-26-10-8-16-12-20(29-2)6-7-21(16)26/h3-8,10,12-13,15H,9,11,14H2,1-2H3,(H,24,27). The van der Waals surface area contributed by atoms with Gasteiger partial charge in [-0.25, -0.2) is 4.98 Å². The number of carbonyl (C=O) groups is 1. The summed E-state index contributed by atoms with van der Waals surface area (Å²) in [5, 5.41) is 6.92. The Morgan fingerprint density at radius 2 is 1.93 bits per heavy atom. The van der Waals surface area contributed by atoms with Gasteiger partial charge in [-0.2, -0.15) is 0 Å². The first-order valence-electron chi connectivity index (χ1n) is 9.64. The minimum Gasteiger partial charge on any atom is -0.497 e. The highest BCUT2D eigenvalue weighted by Gasteiger charge is 2.10. The second kappa shape index (κ2) is 9.00. The van der Waals surface area contributed by atoms with Crippen LogP contribution >= 0.6 is 11.3 Å². The van der Waals surface area contributed by atoms with Crippen molar-refractivity contribution in [2.75, 3.05) is 20.8 Å². The number of hydrogen-bond donors (Lipinski definition) is 1. The van der Waals surface area contributed by atoms with Crippen LogP contribution in [-0.2, 0) is 17.8 Å². The molecular formula is C23H23N3O3S. The van der Waals surface area contributed by atoms with E-state index in [2.05, 4.69) is 20.9 Å². The third-order valence-corrected chi connectivity index (χ3v) is 5.80. The first kappa shape index (κ1) is 20.0. The molecule has 7 heteroatoms. The van der Waals surface area contributed by atoms with Crippen LogP contribution in [0.2, 0.25) is 0 Å². The van der Waals surface area contributed by atoms with E-state index < -0.39 is 0 Å². The predicted molar refractivity (Wildman–Crippen MR) is 119 cm³/mol. The van der Waals surface area contributed by atoms with Gasteiger partial charge in [0.15, 0.2) is 0 Å². The third-order valence-electron chi connectivity index (χ3n) is 4.86. The first-order chi connectivity index (χ1) is 14.7. The topological polar surface area (TPSA) is 65.4 Å². The summed E-state index contributed by atoms with van der Waals surface area (Å²) in [6.45, 7) is 1.26. The highest BCUT2D eigenvalue weighted by Crippen LogP contribution is 2.27. The molecule has 0 fully saturated rings. The van der Waals surface area contributed by atoms with E-state index in [-0.39, 0.29) is 12.3 Å². The van der Waals surface area contributed by atoms with E-state index in [1.807, 2.05) is 54.0 Å². The quantitative estimate of drug-likeness (QED) is 0.464. The van der Waals surface area contributed by atoms with E-state index in [0.717, 1.165) is 38.7 Å². The zero-order valence-corrected chi connectivity index (χ0v) is 17.7. The number of nitrogens with zero attached hydrogens (tertiary/aromatic N) is 2. The Morgan fingerprint density at radius 3 is 2.77 bits per heavy atom. The molecule has 0 aliphatic rings. The Labute approximate surface area is 179 Å². The normalized spacial score (nSPS) is 10.9. The van der Waals surface area contributed by atoms with Crippen molar-refractivity contribution in [3.05, 3.63) is 65.8 Å². The van der Waals surface area contributed by atoms with E-state index in [4.69, 9.17) is 9.47 Å². The maximum absolute atomic E-state index is 12.3. The number of aromatic nitrogens is 2. The number of carbonyl (C=O) groups excluding carboxylic acids is 1. The van der Waals surface area contributed by atoms with E-state index in [0.29, 0.717) is 13.1 Å². The maximum Gasteiger partial charge on any atom is 0.226 e. The van der Waals surface area contributed by atoms with E-state index in [9.17, 15) is 4.79 Å². The van der Waals surface area contributed by atoms with Gasteiger partial charge in [-0.05, 0) is 36.4 Å². The summed E-state index contributed by atoms with van der Waals surface area (Å²) in [7, 11) is 3.31. The lowest BCUT2D eigenvalue weighted by Gasteiger charge is -2.08. The molecule has 1 amide bonds. The van der Waals surface area contributed by atoms with Crippen LogP contribution in [-0.4, -0.2) is 36.2 Å². The number of nitrogens with one attached hydrogen (secondary N) is 1. The number of hydrogen-bond acceptors (Lipinski definition) is 5. The summed E-state index contributed by atoms with van der Waals surface area (Å²) in [4.78, 5) is 16.9. The molecule has 0 radical (unpaired) electrons. The minimum absolute atomic E-state index is 0.0318. The zero-order valence-electron chi connectivity index (χ0n) is 16.9. The molecule has 0 unspecified atom stereocenters. The molecule has 0 spiro atoms. The van der Waals surface area contributed by atoms with Gasteiger partial charge >= 0.3 is 0 Å². The number of fused-ring (bicyclic) bond motifs is 1. The van der Waals surface area contributed by atoms with Gasteiger partial charge < -0.3 is 19.4 Å². The van der Waals surface area contributed by atoms with Gasteiger partial charge in [-0.3, -0.25) is 4.79 Å². The van der Waals surface area contributed by atoms with Gasteiger partial charge in [0.25, 0.3) is 0 Å². The lowest BCUT2D eigenvalue weighted by atomic mass is 10.2. The summed E-state index contributed by atoms with van der Waals surface area (Å²) in [5.41, 5.74) is 2.88. The van der Waals surface area contributed by atoms with Gasteiger partial charge in [0.05, 0.1) is 26.3 Å². The van der Waals surface area contributed by atoms with Crippen LogP contribution in [0, 0.1) is 0 Å². The Kier molecular flexibility index (Phi) is 5.99. The van der Waals surface area contributed by atoms with Gasteiger partial charge in [0, 0.05) is 41.1 Å². The molecule has 6 nitrogen and oxygen atoms in total. The third kappa shape index (κ3) is 4.46. The second-order valence-corrected chi connectivity index (χ2v) is 7.69. The fraction of sp³-hybridized carbons (Fsp3) is 0.217. The van der Waals surface area contributed by atoms with E-state index in [1.165, 1.54) is 11.3 Å². The minimum atomic E-state index is -0.0318. The molecule has 0 bridgehead atoms. The van der Waals surface area contributed by atoms with Crippen molar-refractivity contribution in [1.82, 2.24) is 14.9 Å². The average Bonchev–Trinajstić information content (AvgIpc) is 3.40. The first-order valence-corrected chi connectivity index (χ1v) is 10.5. The highest BCUT2D eigenvalue weighted by atomic mass is 32.1. The molecular weight excluding hydrogens is 398 g/mol. The molecule has 2 heterocycles. The van der Waals surface area contributed by atoms with Crippen molar-refractivity contribution in [2.24, 2.45) is 0 Å². The van der Waals surface area contributed by atoms with E-state index >= 15 is 0 Å². The number of benzene rings is 2. The highest BCUT2D eigenvalue weighted by molar-refractivity contribution is 7.13. The molecule has 0 saturated heterocycles. The second-order valence-electron chi connectivity index (χ2n) is 6.84. The SMILES string of the molecule is COc1cccc(-c2nc(CC(=O)NCCn3ccc4cc(OC)ccc43)cs2)c1. The van der Waals surface area contributed by atoms with Crippen LogP contribution in [0.5, 0.6) is 11.5 Å². The monoisotopic (exact) mass is 421 g/mol.